The first-order valence-corrected chi connectivity index (χ1v) is 7.42. The second-order valence-electron chi connectivity index (χ2n) is 5.41. The summed E-state index contributed by atoms with van der Waals surface area (Å²) >= 11 is 5.84. The van der Waals surface area contributed by atoms with E-state index in [9.17, 15) is 5.11 Å². The molecule has 2 aromatic heterocycles. The van der Waals surface area contributed by atoms with Crippen LogP contribution in [0.4, 0.5) is 0 Å². The predicted molar refractivity (Wildman–Crippen MR) is 78.9 cm³/mol. The van der Waals surface area contributed by atoms with Crippen molar-refractivity contribution in [2.45, 2.75) is 19.1 Å². The predicted octanol–water partition coefficient (Wildman–Crippen LogP) is 0.862. The topological polar surface area (TPSA) is 67.1 Å². The van der Waals surface area contributed by atoms with Gasteiger partial charge < -0.3 is 5.11 Å². The number of hydrogen-bond donors (Lipinski definition) is 1. The Kier molecular flexibility index (Phi) is 4.48. The van der Waals surface area contributed by atoms with Gasteiger partial charge in [-0.2, -0.15) is 5.10 Å². The molecular formula is C14H18ClN5O. The fourth-order valence-electron chi connectivity index (χ4n) is 2.73. The van der Waals surface area contributed by atoms with Crippen LogP contribution in [-0.4, -0.2) is 55.5 Å². The molecule has 1 saturated heterocycles. The van der Waals surface area contributed by atoms with Crippen LogP contribution in [0.3, 0.4) is 0 Å². The molecular weight excluding hydrogens is 290 g/mol. The first kappa shape index (κ1) is 14.4. The highest BCUT2D eigenvalue weighted by Crippen LogP contribution is 2.20. The number of β-amino-alcohol motifs (C(OH)–C–C–N with tert-alkyl or cyclic N) is 1. The Balaban J connectivity index is 1.51. The maximum atomic E-state index is 10.2. The molecule has 21 heavy (non-hydrogen) atoms. The molecule has 112 valence electrons. The number of nitrogens with zero attached hydrogens (tertiary/aromatic N) is 5. The third kappa shape index (κ3) is 3.78. The van der Waals surface area contributed by atoms with Gasteiger partial charge in [0.25, 0.3) is 0 Å². The number of aromatic nitrogens is 4. The van der Waals surface area contributed by atoms with Crippen molar-refractivity contribution >= 4 is 11.6 Å². The van der Waals surface area contributed by atoms with Gasteiger partial charge in [-0.3, -0.25) is 19.5 Å². The molecule has 0 spiro atoms. The third-order valence-corrected chi connectivity index (χ3v) is 4.01. The minimum Gasteiger partial charge on any atom is -0.391 e. The Labute approximate surface area is 128 Å². The standard InChI is InChI=1S/C14H18ClN5O/c15-12-6-18-20(9-12)4-3-19-8-11(14(21)10-19)5-13-7-16-1-2-17-13/h1-2,6-7,9,11,14,21H,3-5,8,10H2/t11-,14-/m1/s1. The van der Waals surface area contributed by atoms with Crippen molar-refractivity contribution in [3.05, 3.63) is 41.7 Å². The molecule has 3 rings (SSSR count). The van der Waals surface area contributed by atoms with Crippen molar-refractivity contribution in [2.75, 3.05) is 19.6 Å². The quantitative estimate of drug-likeness (QED) is 0.887. The molecule has 1 aliphatic heterocycles. The Morgan fingerprint density at radius 1 is 1.24 bits per heavy atom. The summed E-state index contributed by atoms with van der Waals surface area (Å²) in [4.78, 5) is 10.6. The maximum absolute atomic E-state index is 10.2. The van der Waals surface area contributed by atoms with Gasteiger partial charge in [0.15, 0.2) is 0 Å². The molecule has 7 heteroatoms. The minimum atomic E-state index is -0.312. The van der Waals surface area contributed by atoms with Crippen LogP contribution in [0, 0.1) is 5.92 Å². The lowest BCUT2D eigenvalue weighted by molar-refractivity contribution is 0.140. The molecule has 2 atom stereocenters. The molecule has 0 aliphatic carbocycles. The average Bonchev–Trinajstić information content (AvgIpc) is 3.04. The summed E-state index contributed by atoms with van der Waals surface area (Å²) in [5.41, 5.74) is 0.933. The van der Waals surface area contributed by atoms with E-state index in [2.05, 4.69) is 20.0 Å². The Morgan fingerprint density at radius 3 is 2.86 bits per heavy atom. The number of aliphatic hydroxyl groups excluding tert-OH is 1. The first-order valence-electron chi connectivity index (χ1n) is 7.04. The second kappa shape index (κ2) is 6.51. The lowest BCUT2D eigenvalue weighted by Crippen LogP contribution is -2.26. The summed E-state index contributed by atoms with van der Waals surface area (Å²) in [5, 5.41) is 15.0. The highest BCUT2D eigenvalue weighted by molar-refractivity contribution is 6.30. The van der Waals surface area contributed by atoms with Crippen LogP contribution < -0.4 is 0 Å². The van der Waals surface area contributed by atoms with Crippen LogP contribution in [0.5, 0.6) is 0 Å². The van der Waals surface area contributed by atoms with E-state index in [1.54, 1.807) is 24.8 Å². The van der Waals surface area contributed by atoms with Gasteiger partial charge in [0.05, 0.1) is 29.6 Å². The van der Waals surface area contributed by atoms with E-state index >= 15 is 0 Å². The summed E-state index contributed by atoms with van der Waals surface area (Å²) < 4.78 is 1.82. The van der Waals surface area contributed by atoms with E-state index in [0.717, 1.165) is 31.7 Å². The summed E-state index contributed by atoms with van der Waals surface area (Å²) in [6.07, 6.45) is 9.02. The van der Waals surface area contributed by atoms with Gasteiger partial charge in [-0.15, -0.1) is 0 Å². The molecule has 0 bridgehead atoms. The third-order valence-electron chi connectivity index (χ3n) is 3.82. The van der Waals surface area contributed by atoms with Gasteiger partial charge in [-0.25, -0.2) is 0 Å². The zero-order valence-corrected chi connectivity index (χ0v) is 12.4. The van der Waals surface area contributed by atoms with Crippen molar-refractivity contribution in [1.82, 2.24) is 24.6 Å². The molecule has 0 unspecified atom stereocenters. The highest BCUT2D eigenvalue weighted by Gasteiger charge is 2.31. The molecule has 0 amide bonds. The van der Waals surface area contributed by atoms with Gasteiger partial charge in [0, 0.05) is 50.3 Å². The molecule has 3 heterocycles. The van der Waals surface area contributed by atoms with Gasteiger partial charge >= 0.3 is 0 Å². The molecule has 1 fully saturated rings. The number of aliphatic hydroxyl groups is 1. The van der Waals surface area contributed by atoms with Crippen LogP contribution in [0.25, 0.3) is 0 Å². The first-order chi connectivity index (χ1) is 10.2. The Morgan fingerprint density at radius 2 is 2.14 bits per heavy atom. The molecule has 1 N–H and O–H groups in total. The second-order valence-corrected chi connectivity index (χ2v) is 5.85. The van der Waals surface area contributed by atoms with E-state index in [-0.39, 0.29) is 12.0 Å². The minimum absolute atomic E-state index is 0.211. The van der Waals surface area contributed by atoms with Crippen LogP contribution in [0.1, 0.15) is 5.69 Å². The fraction of sp³-hybridized carbons (Fsp3) is 0.500. The molecule has 6 nitrogen and oxygen atoms in total. The number of hydrogen-bond acceptors (Lipinski definition) is 5. The summed E-state index contributed by atoms with van der Waals surface area (Å²) in [6, 6.07) is 0. The molecule has 0 radical (unpaired) electrons. The van der Waals surface area contributed by atoms with Gasteiger partial charge in [0.1, 0.15) is 0 Å². The zero-order chi connectivity index (χ0) is 14.7. The molecule has 1 aliphatic rings. The van der Waals surface area contributed by atoms with Crippen LogP contribution in [0.15, 0.2) is 31.0 Å². The van der Waals surface area contributed by atoms with Gasteiger partial charge in [0.2, 0.25) is 0 Å². The van der Waals surface area contributed by atoms with E-state index in [0.29, 0.717) is 11.6 Å². The normalized spacial score (nSPS) is 22.8. The number of halogens is 1. The van der Waals surface area contributed by atoms with Crippen molar-refractivity contribution in [1.29, 1.82) is 0 Å². The maximum Gasteiger partial charge on any atom is 0.0785 e. The lowest BCUT2D eigenvalue weighted by Gasteiger charge is -2.15. The number of likely N-dealkylation sites (tertiary alicyclic amines) is 1. The van der Waals surface area contributed by atoms with E-state index < -0.39 is 0 Å². The Hall–Kier alpha value is -1.50. The lowest BCUT2D eigenvalue weighted by atomic mass is 10.0. The largest absolute Gasteiger partial charge is 0.391 e. The monoisotopic (exact) mass is 307 g/mol. The van der Waals surface area contributed by atoms with Crippen LogP contribution >= 0.6 is 11.6 Å². The van der Waals surface area contributed by atoms with Crippen molar-refractivity contribution in [2.24, 2.45) is 5.92 Å². The average molecular weight is 308 g/mol. The highest BCUT2D eigenvalue weighted by atomic mass is 35.5. The van der Waals surface area contributed by atoms with E-state index in [1.807, 2.05) is 10.9 Å². The molecule has 2 aromatic rings. The Bertz CT molecular complexity index is 576. The van der Waals surface area contributed by atoms with E-state index in [4.69, 9.17) is 11.6 Å². The van der Waals surface area contributed by atoms with Gasteiger partial charge in [-0.1, -0.05) is 11.6 Å². The van der Waals surface area contributed by atoms with Crippen molar-refractivity contribution < 1.29 is 5.11 Å². The summed E-state index contributed by atoms with van der Waals surface area (Å²) in [6.45, 7) is 3.19. The zero-order valence-electron chi connectivity index (χ0n) is 11.6. The SMILES string of the molecule is O[C@@H]1CN(CCn2cc(Cl)cn2)C[C@H]1Cc1cnccn1. The molecule has 0 aromatic carbocycles. The van der Waals surface area contributed by atoms with Crippen molar-refractivity contribution in [3.8, 4) is 0 Å². The number of rotatable bonds is 5. The van der Waals surface area contributed by atoms with Crippen LogP contribution in [-0.2, 0) is 13.0 Å². The summed E-state index contributed by atoms with van der Waals surface area (Å²) in [7, 11) is 0. The van der Waals surface area contributed by atoms with Gasteiger partial charge in [-0.05, 0) is 6.42 Å². The summed E-state index contributed by atoms with van der Waals surface area (Å²) in [5.74, 6) is 0.211. The smallest absolute Gasteiger partial charge is 0.0785 e. The van der Waals surface area contributed by atoms with Crippen LogP contribution in [0.2, 0.25) is 5.02 Å². The fourth-order valence-corrected chi connectivity index (χ4v) is 2.89. The van der Waals surface area contributed by atoms with E-state index in [1.165, 1.54) is 0 Å². The molecule has 0 saturated carbocycles. The van der Waals surface area contributed by atoms with Crippen molar-refractivity contribution in [3.63, 3.8) is 0 Å².